The van der Waals surface area contributed by atoms with E-state index in [1.54, 1.807) is 13.8 Å². The minimum atomic E-state index is -4.61. The Morgan fingerprint density at radius 3 is 2.33 bits per heavy atom. The Morgan fingerprint density at radius 2 is 2.00 bits per heavy atom. The van der Waals surface area contributed by atoms with Crippen molar-refractivity contribution in [1.82, 2.24) is 9.78 Å². The lowest BCUT2D eigenvalue weighted by molar-refractivity contribution is -0.208. The van der Waals surface area contributed by atoms with Crippen LogP contribution in [0.25, 0.3) is 0 Å². The largest absolute Gasteiger partial charge is 0.416 e. The fourth-order valence-electron chi connectivity index (χ4n) is 1.12. The molecule has 0 spiro atoms. The van der Waals surface area contributed by atoms with E-state index >= 15 is 0 Å². The van der Waals surface area contributed by atoms with Gasteiger partial charge in [-0.3, -0.25) is 4.68 Å². The molecule has 0 aromatic carbocycles. The smallest absolute Gasteiger partial charge is 0.382 e. The predicted molar refractivity (Wildman–Crippen MR) is 51.5 cm³/mol. The van der Waals surface area contributed by atoms with Crippen LogP contribution in [-0.4, -0.2) is 27.2 Å². The van der Waals surface area contributed by atoms with Gasteiger partial charge in [0.25, 0.3) is 0 Å². The maximum atomic E-state index is 12.1. The maximum absolute atomic E-state index is 12.1. The molecule has 1 atom stereocenters. The van der Waals surface area contributed by atoms with Gasteiger partial charge in [-0.15, -0.1) is 0 Å². The lowest BCUT2D eigenvalue weighted by Crippen LogP contribution is -2.33. The van der Waals surface area contributed by atoms with E-state index in [4.69, 9.17) is 5.11 Å². The quantitative estimate of drug-likeness (QED) is 0.905. The van der Waals surface area contributed by atoms with Crippen molar-refractivity contribution in [2.24, 2.45) is 0 Å². The minimum absolute atomic E-state index is 0.566. The average Bonchev–Trinajstić information content (AvgIpc) is 2.32. The Balaban J connectivity index is 2.86. The van der Waals surface area contributed by atoms with Crippen molar-refractivity contribution in [3.05, 3.63) is 15.9 Å². The summed E-state index contributed by atoms with van der Waals surface area (Å²) in [5.41, 5.74) is 1.16. The van der Waals surface area contributed by atoms with Gasteiger partial charge in [0.2, 0.25) is 0 Å². The number of aliphatic hydroxyl groups excluding tert-OH is 1. The first-order valence-electron chi connectivity index (χ1n) is 4.17. The van der Waals surface area contributed by atoms with Crippen molar-refractivity contribution in [2.75, 3.05) is 0 Å². The van der Waals surface area contributed by atoms with Crippen molar-refractivity contribution >= 4 is 15.9 Å². The second kappa shape index (κ2) is 4.13. The molecular formula is C8H10BrF3N2O. The number of halogens is 4. The summed E-state index contributed by atoms with van der Waals surface area (Å²) < 4.78 is 38.0. The number of aliphatic hydroxyl groups is 1. The monoisotopic (exact) mass is 286 g/mol. The molecule has 0 bridgehead atoms. The SMILES string of the molecule is Cc1nn(CC(O)C(F)(F)F)c(C)c1Br. The molecule has 0 radical (unpaired) electrons. The van der Waals surface area contributed by atoms with Crippen LogP contribution in [0.2, 0.25) is 0 Å². The van der Waals surface area contributed by atoms with Gasteiger partial charge in [0, 0.05) is 5.69 Å². The van der Waals surface area contributed by atoms with Crippen LogP contribution >= 0.6 is 15.9 Å². The highest BCUT2D eigenvalue weighted by Gasteiger charge is 2.38. The molecule has 1 unspecified atom stereocenters. The molecule has 1 N–H and O–H groups in total. The van der Waals surface area contributed by atoms with Gasteiger partial charge in [-0.2, -0.15) is 18.3 Å². The highest BCUT2D eigenvalue weighted by atomic mass is 79.9. The molecule has 0 fully saturated rings. The molecule has 3 nitrogen and oxygen atoms in total. The minimum Gasteiger partial charge on any atom is -0.382 e. The van der Waals surface area contributed by atoms with Crippen LogP contribution in [0, 0.1) is 13.8 Å². The van der Waals surface area contributed by atoms with Gasteiger partial charge >= 0.3 is 6.18 Å². The van der Waals surface area contributed by atoms with E-state index in [1.165, 1.54) is 0 Å². The van der Waals surface area contributed by atoms with Crippen molar-refractivity contribution in [1.29, 1.82) is 0 Å². The van der Waals surface area contributed by atoms with E-state index < -0.39 is 18.8 Å². The lowest BCUT2D eigenvalue weighted by Gasteiger charge is -2.15. The molecule has 0 saturated heterocycles. The Kier molecular flexibility index (Phi) is 3.44. The van der Waals surface area contributed by atoms with Gasteiger partial charge in [-0.1, -0.05) is 0 Å². The van der Waals surface area contributed by atoms with Gasteiger partial charge in [-0.05, 0) is 29.8 Å². The number of hydrogen-bond donors (Lipinski definition) is 1. The summed E-state index contributed by atoms with van der Waals surface area (Å²) in [5, 5.41) is 12.7. The van der Waals surface area contributed by atoms with E-state index in [-0.39, 0.29) is 0 Å². The summed E-state index contributed by atoms with van der Waals surface area (Å²) in [6.07, 6.45) is -7.00. The second-order valence-corrected chi connectivity index (χ2v) is 4.02. The van der Waals surface area contributed by atoms with Crippen LogP contribution in [0.4, 0.5) is 13.2 Å². The molecule has 0 aliphatic carbocycles. The summed E-state index contributed by atoms with van der Waals surface area (Å²) in [4.78, 5) is 0. The second-order valence-electron chi connectivity index (χ2n) is 3.22. The van der Waals surface area contributed by atoms with Gasteiger partial charge in [0.15, 0.2) is 6.10 Å². The molecule has 86 valence electrons. The Bertz CT molecular complexity index is 362. The number of alkyl halides is 3. The van der Waals surface area contributed by atoms with E-state index in [9.17, 15) is 13.2 Å². The van der Waals surface area contributed by atoms with Crippen molar-refractivity contribution in [2.45, 2.75) is 32.7 Å². The third-order valence-corrected chi connectivity index (χ3v) is 3.16. The molecule has 0 saturated carbocycles. The van der Waals surface area contributed by atoms with Gasteiger partial charge in [0.05, 0.1) is 16.7 Å². The Morgan fingerprint density at radius 1 is 1.47 bits per heavy atom. The highest BCUT2D eigenvalue weighted by Crippen LogP contribution is 2.24. The predicted octanol–water partition coefficient (Wildman–Crippen LogP) is 2.19. The molecule has 0 amide bonds. The van der Waals surface area contributed by atoms with Crippen LogP contribution in [0.15, 0.2) is 4.47 Å². The number of aromatic nitrogens is 2. The molecule has 7 heteroatoms. The van der Waals surface area contributed by atoms with Gasteiger partial charge in [-0.25, -0.2) is 0 Å². The summed E-state index contributed by atoms with van der Waals surface area (Å²) in [6, 6.07) is 0. The highest BCUT2D eigenvalue weighted by molar-refractivity contribution is 9.10. The summed E-state index contributed by atoms with van der Waals surface area (Å²) in [7, 11) is 0. The maximum Gasteiger partial charge on any atom is 0.416 e. The summed E-state index contributed by atoms with van der Waals surface area (Å²) >= 11 is 3.19. The Hall–Kier alpha value is -0.560. The van der Waals surface area contributed by atoms with E-state index in [0.29, 0.717) is 15.9 Å². The summed E-state index contributed by atoms with van der Waals surface area (Å²) in [6.45, 7) is 2.72. The van der Waals surface area contributed by atoms with Crippen LogP contribution < -0.4 is 0 Å². The zero-order valence-electron chi connectivity index (χ0n) is 8.14. The molecule has 1 aromatic rings. The fourth-order valence-corrected chi connectivity index (χ4v) is 1.40. The summed E-state index contributed by atoms with van der Waals surface area (Å²) in [5.74, 6) is 0. The van der Waals surface area contributed by atoms with E-state index in [2.05, 4.69) is 21.0 Å². The first-order chi connectivity index (χ1) is 6.73. The third kappa shape index (κ3) is 2.72. The zero-order chi connectivity index (χ0) is 11.8. The van der Waals surface area contributed by atoms with Crippen molar-refractivity contribution in [3.8, 4) is 0 Å². The molecular weight excluding hydrogens is 277 g/mol. The van der Waals surface area contributed by atoms with Crippen LogP contribution in [0.3, 0.4) is 0 Å². The standard InChI is InChI=1S/C8H10BrF3N2O/c1-4-7(9)5(2)14(13-4)3-6(15)8(10,11)12/h6,15H,3H2,1-2H3. The number of rotatable bonds is 2. The zero-order valence-corrected chi connectivity index (χ0v) is 9.72. The van der Waals surface area contributed by atoms with Crippen LogP contribution in [0.1, 0.15) is 11.4 Å². The molecule has 15 heavy (non-hydrogen) atoms. The normalized spacial score (nSPS) is 14.3. The van der Waals surface area contributed by atoms with Crippen LogP contribution in [-0.2, 0) is 6.54 Å². The molecule has 1 heterocycles. The molecule has 0 aliphatic rings. The van der Waals surface area contributed by atoms with Crippen molar-refractivity contribution in [3.63, 3.8) is 0 Å². The molecule has 0 aliphatic heterocycles. The molecule has 1 aromatic heterocycles. The van der Waals surface area contributed by atoms with E-state index in [1.807, 2.05) is 0 Å². The fraction of sp³-hybridized carbons (Fsp3) is 0.625. The van der Waals surface area contributed by atoms with Crippen LogP contribution in [0.5, 0.6) is 0 Å². The number of nitrogens with zero attached hydrogens (tertiary/aromatic N) is 2. The lowest BCUT2D eigenvalue weighted by atomic mass is 10.3. The van der Waals surface area contributed by atoms with Gasteiger partial charge < -0.3 is 5.11 Å². The third-order valence-electron chi connectivity index (χ3n) is 2.02. The number of aryl methyl sites for hydroxylation is 1. The Labute approximate surface area is 93.0 Å². The topological polar surface area (TPSA) is 38.0 Å². The molecule has 1 rings (SSSR count). The van der Waals surface area contributed by atoms with Gasteiger partial charge in [0.1, 0.15) is 0 Å². The average molecular weight is 287 g/mol. The number of hydrogen-bond acceptors (Lipinski definition) is 2. The first kappa shape index (κ1) is 12.5. The van der Waals surface area contributed by atoms with E-state index in [0.717, 1.165) is 4.68 Å². The first-order valence-corrected chi connectivity index (χ1v) is 4.97. The van der Waals surface area contributed by atoms with Crippen molar-refractivity contribution < 1.29 is 18.3 Å².